The van der Waals surface area contributed by atoms with Crippen LogP contribution in [-0.2, 0) is 0 Å². The average molecular weight is 425 g/mol. The summed E-state index contributed by atoms with van der Waals surface area (Å²) in [6, 6.07) is 16.7. The van der Waals surface area contributed by atoms with Crippen LogP contribution < -0.4 is 5.32 Å². The zero-order chi connectivity index (χ0) is 21.7. The van der Waals surface area contributed by atoms with Crippen molar-refractivity contribution >= 4 is 28.9 Å². The third-order valence-electron chi connectivity index (χ3n) is 7.97. The predicted molar refractivity (Wildman–Crippen MR) is 133 cm³/mol. The van der Waals surface area contributed by atoms with E-state index in [9.17, 15) is 0 Å². The second-order valence-corrected chi connectivity index (χ2v) is 10.8. The second-order valence-electron chi connectivity index (χ2n) is 10.8. The van der Waals surface area contributed by atoms with E-state index in [1.54, 1.807) is 0 Å². The van der Waals surface area contributed by atoms with Crippen molar-refractivity contribution in [3.63, 3.8) is 0 Å². The van der Waals surface area contributed by atoms with E-state index in [-0.39, 0.29) is 0 Å². The van der Waals surface area contributed by atoms with Gasteiger partial charge in [-0.3, -0.25) is 0 Å². The highest BCUT2D eigenvalue weighted by Gasteiger charge is 2.51. The Labute approximate surface area is 191 Å². The molecule has 4 nitrogen and oxygen atoms in total. The molecule has 1 aliphatic heterocycles. The van der Waals surface area contributed by atoms with Gasteiger partial charge in [-0.2, -0.15) is 0 Å². The molecule has 7 rings (SSSR count). The summed E-state index contributed by atoms with van der Waals surface area (Å²) in [5, 5.41) is 3.49. The van der Waals surface area contributed by atoms with E-state index in [2.05, 4.69) is 67.7 Å². The summed E-state index contributed by atoms with van der Waals surface area (Å²) >= 11 is 0. The Kier molecular flexibility index (Phi) is 4.78. The summed E-state index contributed by atoms with van der Waals surface area (Å²) in [4.78, 5) is 14.9. The average Bonchev–Trinajstić information content (AvgIpc) is 3.10. The van der Waals surface area contributed by atoms with Crippen molar-refractivity contribution in [1.82, 2.24) is 0 Å². The van der Waals surface area contributed by atoms with Gasteiger partial charge in [0.1, 0.15) is 5.84 Å². The van der Waals surface area contributed by atoms with Gasteiger partial charge in [-0.25, -0.2) is 15.0 Å². The molecule has 4 heteroatoms. The van der Waals surface area contributed by atoms with Crippen molar-refractivity contribution in [3.8, 4) is 0 Å². The lowest BCUT2D eigenvalue weighted by atomic mass is 9.49. The summed E-state index contributed by atoms with van der Waals surface area (Å²) < 4.78 is 0. The molecule has 164 valence electrons. The maximum atomic E-state index is 5.00. The Hall–Kier alpha value is -2.75. The highest BCUT2D eigenvalue weighted by atomic mass is 15.2. The van der Waals surface area contributed by atoms with E-state index in [1.807, 2.05) is 0 Å². The van der Waals surface area contributed by atoms with E-state index < -0.39 is 0 Å². The Bertz CT molecular complexity index is 1070. The van der Waals surface area contributed by atoms with E-state index in [4.69, 9.17) is 15.0 Å². The summed E-state index contributed by atoms with van der Waals surface area (Å²) in [6.45, 7) is 4.20. The lowest BCUT2D eigenvalue weighted by Gasteiger charge is -2.56. The Balaban J connectivity index is 1.30. The highest BCUT2D eigenvalue weighted by molar-refractivity contribution is 6.50. The minimum atomic E-state index is 0.422. The van der Waals surface area contributed by atoms with Crippen LogP contribution in [0.1, 0.15) is 56.1 Å². The molecule has 4 fully saturated rings. The van der Waals surface area contributed by atoms with Gasteiger partial charge >= 0.3 is 0 Å². The molecule has 0 aromatic heterocycles. The molecule has 4 aliphatic carbocycles. The molecule has 5 aliphatic rings. The predicted octanol–water partition coefficient (Wildman–Crippen LogP) is 6.86. The molecule has 0 amide bonds. The van der Waals surface area contributed by atoms with Crippen LogP contribution in [-0.4, -0.2) is 17.5 Å². The first-order valence-electron chi connectivity index (χ1n) is 12.2. The van der Waals surface area contributed by atoms with Gasteiger partial charge in [0.05, 0.1) is 5.69 Å². The Morgan fingerprint density at radius 2 is 1.38 bits per heavy atom. The summed E-state index contributed by atoms with van der Waals surface area (Å²) in [6.07, 6.45) is 9.53. The van der Waals surface area contributed by atoms with Crippen molar-refractivity contribution < 1.29 is 0 Å². The largest absolute Gasteiger partial charge is 0.337 e. The standard InChI is InChI=1S/C28H32N4/c1-18-3-7-23(8-4-18)29-26-27(30-24-9-5-19(2)6-10-24)32-25(31-26)17-28-14-20-11-21(15-28)13-22(12-20)16-28/h3-10,20-22H,11-17H2,1-2H3,(H,29,30,31,32). The molecule has 0 atom stereocenters. The van der Waals surface area contributed by atoms with Crippen molar-refractivity contribution in [1.29, 1.82) is 0 Å². The van der Waals surface area contributed by atoms with E-state index in [0.717, 1.165) is 47.2 Å². The zero-order valence-corrected chi connectivity index (χ0v) is 19.1. The number of anilines is 1. The van der Waals surface area contributed by atoms with Crippen LogP contribution in [0.2, 0.25) is 0 Å². The number of nitrogens with one attached hydrogen (secondary N) is 1. The zero-order valence-electron chi connectivity index (χ0n) is 19.1. The molecule has 2 aromatic rings. The van der Waals surface area contributed by atoms with Crippen LogP contribution in [0.3, 0.4) is 0 Å². The van der Waals surface area contributed by atoms with Crippen molar-refractivity contribution in [2.45, 2.75) is 58.8 Å². The van der Waals surface area contributed by atoms with Crippen molar-refractivity contribution in [3.05, 3.63) is 59.7 Å². The quantitative estimate of drug-likeness (QED) is 0.572. The molecule has 1 N–H and O–H groups in total. The molecule has 4 saturated carbocycles. The van der Waals surface area contributed by atoms with Crippen LogP contribution in [0.25, 0.3) is 0 Å². The summed E-state index contributed by atoms with van der Waals surface area (Å²) in [5.74, 6) is 5.27. The molecular formula is C28H32N4. The van der Waals surface area contributed by atoms with Crippen LogP contribution in [0.4, 0.5) is 11.4 Å². The molecule has 0 unspecified atom stereocenters. The lowest BCUT2D eigenvalue weighted by molar-refractivity contribution is -0.0482. The second kappa shape index (κ2) is 7.68. The van der Waals surface area contributed by atoms with Gasteiger partial charge in [-0.15, -0.1) is 0 Å². The third kappa shape index (κ3) is 3.92. The van der Waals surface area contributed by atoms with Crippen LogP contribution in [0.15, 0.2) is 63.5 Å². The fourth-order valence-electron chi connectivity index (χ4n) is 6.98. The van der Waals surface area contributed by atoms with Gasteiger partial charge in [0.15, 0.2) is 11.7 Å². The lowest BCUT2D eigenvalue weighted by Crippen LogP contribution is -2.46. The Morgan fingerprint density at radius 3 is 1.97 bits per heavy atom. The molecule has 1 heterocycles. The number of hydrogen-bond donors (Lipinski definition) is 1. The van der Waals surface area contributed by atoms with Crippen molar-refractivity contribution in [2.75, 3.05) is 5.32 Å². The fraction of sp³-hybridized carbons (Fsp3) is 0.464. The number of amidine groups is 3. The number of aryl methyl sites for hydroxylation is 2. The van der Waals surface area contributed by atoms with Crippen LogP contribution in [0, 0.1) is 37.0 Å². The first kappa shape index (κ1) is 19.9. The first-order chi connectivity index (χ1) is 15.5. The summed E-state index contributed by atoms with van der Waals surface area (Å²) in [7, 11) is 0. The van der Waals surface area contributed by atoms with Gasteiger partial charge in [0, 0.05) is 12.1 Å². The monoisotopic (exact) mass is 424 g/mol. The fourth-order valence-corrected chi connectivity index (χ4v) is 6.98. The van der Waals surface area contributed by atoms with Gasteiger partial charge < -0.3 is 5.32 Å². The van der Waals surface area contributed by atoms with E-state index >= 15 is 0 Å². The molecule has 2 aromatic carbocycles. The van der Waals surface area contributed by atoms with Crippen molar-refractivity contribution in [2.24, 2.45) is 38.1 Å². The highest BCUT2D eigenvalue weighted by Crippen LogP contribution is 2.61. The van der Waals surface area contributed by atoms with Gasteiger partial charge in [0.25, 0.3) is 0 Å². The molecule has 0 radical (unpaired) electrons. The maximum absolute atomic E-state index is 5.00. The number of rotatable bonds is 4. The Morgan fingerprint density at radius 1 is 0.812 bits per heavy atom. The number of hydrogen-bond acceptors (Lipinski definition) is 3. The SMILES string of the molecule is Cc1ccc(N=C2N=C(CC34CC5CC(CC(C5)C3)C4)N=C2Nc2ccc(C)cc2)cc1. The topological polar surface area (TPSA) is 49.1 Å². The van der Waals surface area contributed by atoms with Gasteiger partial charge in [-0.1, -0.05) is 35.4 Å². The first-order valence-corrected chi connectivity index (χ1v) is 12.2. The minimum Gasteiger partial charge on any atom is -0.337 e. The van der Waals surface area contributed by atoms with Gasteiger partial charge in [0.2, 0.25) is 0 Å². The summed E-state index contributed by atoms with van der Waals surface area (Å²) in [5.41, 5.74) is 4.85. The molecule has 32 heavy (non-hydrogen) atoms. The normalized spacial score (nSPS) is 31.7. The smallest absolute Gasteiger partial charge is 0.198 e. The van der Waals surface area contributed by atoms with Gasteiger partial charge in [-0.05, 0) is 99.8 Å². The van der Waals surface area contributed by atoms with E-state index in [1.165, 1.54) is 49.7 Å². The number of aliphatic imine (C=N–C) groups is 3. The molecule has 0 spiro atoms. The number of benzene rings is 2. The number of nitrogens with zero attached hydrogens (tertiary/aromatic N) is 3. The third-order valence-corrected chi connectivity index (χ3v) is 7.97. The molecule has 0 saturated heterocycles. The minimum absolute atomic E-state index is 0.422. The van der Waals surface area contributed by atoms with Crippen LogP contribution in [0.5, 0.6) is 0 Å². The molecular weight excluding hydrogens is 392 g/mol. The van der Waals surface area contributed by atoms with E-state index in [0.29, 0.717) is 11.3 Å². The molecule has 4 bridgehead atoms. The van der Waals surface area contributed by atoms with Crippen LogP contribution >= 0.6 is 0 Å². The maximum Gasteiger partial charge on any atom is 0.198 e.